The Morgan fingerprint density at radius 1 is 1.36 bits per heavy atom. The van der Waals surface area contributed by atoms with E-state index in [9.17, 15) is 19.3 Å². The number of benzene rings is 1. The van der Waals surface area contributed by atoms with Crippen LogP contribution in [0.5, 0.6) is 0 Å². The first-order valence-corrected chi connectivity index (χ1v) is 7.14. The van der Waals surface area contributed by atoms with Crippen LogP contribution in [0.4, 0.5) is 10.1 Å². The van der Waals surface area contributed by atoms with Gasteiger partial charge >= 0.3 is 0 Å². The Bertz CT molecular complexity index is 596. The standard InChI is InChI=1S/C15H18FN3O3/c1-2-17-7-9-18(10-8-17)15(20)6-4-12-3-5-13(16)11-14(12)19(21)22/h3-6,11H,2,7-10H2,1H3/b6-4-. The van der Waals surface area contributed by atoms with Gasteiger partial charge in [0.25, 0.3) is 5.69 Å². The van der Waals surface area contributed by atoms with Gasteiger partial charge in [-0.15, -0.1) is 0 Å². The van der Waals surface area contributed by atoms with Crippen molar-refractivity contribution in [1.82, 2.24) is 9.80 Å². The molecule has 0 spiro atoms. The maximum atomic E-state index is 13.1. The Morgan fingerprint density at radius 3 is 2.64 bits per heavy atom. The van der Waals surface area contributed by atoms with E-state index in [0.29, 0.717) is 13.1 Å². The summed E-state index contributed by atoms with van der Waals surface area (Å²) in [6, 6.07) is 3.29. The number of carbonyl (C=O) groups excluding carboxylic acids is 1. The molecule has 0 aromatic heterocycles. The van der Waals surface area contributed by atoms with E-state index in [1.807, 2.05) is 0 Å². The van der Waals surface area contributed by atoms with Crippen molar-refractivity contribution in [3.05, 3.63) is 45.8 Å². The van der Waals surface area contributed by atoms with Crippen LogP contribution in [0, 0.1) is 15.9 Å². The van der Waals surface area contributed by atoms with Crippen molar-refractivity contribution in [2.24, 2.45) is 0 Å². The molecule has 118 valence electrons. The smallest absolute Gasteiger partial charge is 0.279 e. The molecule has 0 unspecified atom stereocenters. The van der Waals surface area contributed by atoms with E-state index in [4.69, 9.17) is 0 Å². The Kier molecular flexibility index (Phi) is 5.21. The molecule has 1 aliphatic heterocycles. The van der Waals surface area contributed by atoms with Crippen LogP contribution < -0.4 is 0 Å². The molecule has 1 saturated heterocycles. The molecule has 0 saturated carbocycles. The number of carbonyl (C=O) groups is 1. The van der Waals surface area contributed by atoms with E-state index < -0.39 is 10.7 Å². The Hall–Kier alpha value is -2.28. The topological polar surface area (TPSA) is 66.7 Å². The molecule has 6 nitrogen and oxygen atoms in total. The summed E-state index contributed by atoms with van der Waals surface area (Å²) in [5.74, 6) is -0.861. The predicted octanol–water partition coefficient (Wildman–Crippen LogP) is 1.91. The number of halogens is 1. The first-order valence-electron chi connectivity index (χ1n) is 7.14. The number of hydrogen-bond acceptors (Lipinski definition) is 4. The second kappa shape index (κ2) is 7.13. The minimum Gasteiger partial charge on any atom is -0.337 e. The van der Waals surface area contributed by atoms with Gasteiger partial charge in [-0.3, -0.25) is 14.9 Å². The number of amides is 1. The molecule has 0 radical (unpaired) electrons. The van der Waals surface area contributed by atoms with Crippen molar-refractivity contribution in [2.45, 2.75) is 6.92 Å². The Labute approximate surface area is 128 Å². The Balaban J connectivity index is 2.06. The van der Waals surface area contributed by atoms with Gasteiger partial charge in [0, 0.05) is 32.3 Å². The third-order valence-electron chi connectivity index (χ3n) is 3.73. The second-order valence-electron chi connectivity index (χ2n) is 5.05. The number of piperazine rings is 1. The van der Waals surface area contributed by atoms with Gasteiger partial charge in [0.1, 0.15) is 5.82 Å². The SMILES string of the molecule is CCN1CCN(C(=O)/C=C\c2ccc(F)cc2[N+](=O)[O-])CC1. The molecule has 1 amide bonds. The van der Waals surface area contributed by atoms with Crippen molar-refractivity contribution in [1.29, 1.82) is 0 Å². The van der Waals surface area contributed by atoms with Crippen molar-refractivity contribution < 1.29 is 14.1 Å². The molecule has 0 N–H and O–H groups in total. The van der Waals surface area contributed by atoms with E-state index in [1.165, 1.54) is 18.2 Å². The summed E-state index contributed by atoms with van der Waals surface area (Å²) in [6.07, 6.45) is 2.67. The molecule has 0 bridgehead atoms. The predicted molar refractivity (Wildman–Crippen MR) is 80.8 cm³/mol. The zero-order chi connectivity index (χ0) is 16.1. The third kappa shape index (κ3) is 3.88. The van der Waals surface area contributed by atoms with E-state index in [1.54, 1.807) is 4.90 Å². The van der Waals surface area contributed by atoms with Gasteiger partial charge in [0.15, 0.2) is 0 Å². The second-order valence-corrected chi connectivity index (χ2v) is 5.05. The van der Waals surface area contributed by atoms with E-state index in [2.05, 4.69) is 11.8 Å². The van der Waals surface area contributed by atoms with Crippen LogP contribution in [0.3, 0.4) is 0 Å². The molecule has 0 aliphatic carbocycles. The summed E-state index contributed by atoms with van der Waals surface area (Å²) in [7, 11) is 0. The van der Waals surface area contributed by atoms with Crippen LogP contribution >= 0.6 is 0 Å². The van der Waals surface area contributed by atoms with Crippen LogP contribution in [0.2, 0.25) is 0 Å². The lowest BCUT2D eigenvalue weighted by molar-refractivity contribution is -0.385. The number of rotatable bonds is 4. The normalized spacial score (nSPS) is 16.2. The zero-order valence-electron chi connectivity index (χ0n) is 12.4. The molecule has 0 atom stereocenters. The first-order chi connectivity index (χ1) is 10.5. The highest BCUT2D eigenvalue weighted by Crippen LogP contribution is 2.21. The third-order valence-corrected chi connectivity index (χ3v) is 3.73. The number of hydrogen-bond donors (Lipinski definition) is 0. The summed E-state index contributed by atoms with van der Waals surface area (Å²) in [4.78, 5) is 26.3. The fraction of sp³-hybridized carbons (Fsp3) is 0.400. The monoisotopic (exact) mass is 307 g/mol. The van der Waals surface area contributed by atoms with Gasteiger partial charge < -0.3 is 9.80 Å². The minimum atomic E-state index is -0.675. The Morgan fingerprint density at radius 2 is 2.05 bits per heavy atom. The lowest BCUT2D eigenvalue weighted by Crippen LogP contribution is -2.48. The highest BCUT2D eigenvalue weighted by Gasteiger charge is 2.19. The maximum absolute atomic E-state index is 13.1. The molecule has 1 aliphatic rings. The van der Waals surface area contributed by atoms with Crippen LogP contribution in [-0.4, -0.2) is 53.4 Å². The maximum Gasteiger partial charge on any atom is 0.279 e. The molecule has 22 heavy (non-hydrogen) atoms. The van der Waals surface area contributed by atoms with E-state index in [0.717, 1.165) is 31.8 Å². The highest BCUT2D eigenvalue weighted by atomic mass is 19.1. The summed E-state index contributed by atoms with van der Waals surface area (Å²) in [5, 5.41) is 10.9. The van der Waals surface area contributed by atoms with E-state index in [-0.39, 0.29) is 17.2 Å². The van der Waals surface area contributed by atoms with Crippen LogP contribution in [0.1, 0.15) is 12.5 Å². The van der Waals surface area contributed by atoms with Gasteiger partial charge in [-0.05, 0) is 24.8 Å². The average molecular weight is 307 g/mol. The molecule has 1 aromatic carbocycles. The van der Waals surface area contributed by atoms with Crippen LogP contribution in [0.15, 0.2) is 24.3 Å². The quantitative estimate of drug-likeness (QED) is 0.484. The van der Waals surface area contributed by atoms with Crippen molar-refractivity contribution in [2.75, 3.05) is 32.7 Å². The molecule has 1 heterocycles. The molecule has 1 aromatic rings. The lowest BCUT2D eigenvalue weighted by Gasteiger charge is -2.33. The summed E-state index contributed by atoms with van der Waals surface area (Å²) in [5.41, 5.74) is -0.133. The van der Waals surface area contributed by atoms with Crippen LogP contribution in [-0.2, 0) is 4.79 Å². The summed E-state index contributed by atoms with van der Waals surface area (Å²) >= 11 is 0. The fourth-order valence-electron chi connectivity index (χ4n) is 2.37. The van der Waals surface area contributed by atoms with E-state index >= 15 is 0 Å². The highest BCUT2D eigenvalue weighted by molar-refractivity contribution is 5.92. The largest absolute Gasteiger partial charge is 0.337 e. The fourth-order valence-corrected chi connectivity index (χ4v) is 2.37. The lowest BCUT2D eigenvalue weighted by atomic mass is 10.1. The summed E-state index contributed by atoms with van der Waals surface area (Å²) in [6.45, 7) is 5.97. The molecular weight excluding hydrogens is 289 g/mol. The average Bonchev–Trinajstić information content (AvgIpc) is 2.53. The summed E-state index contributed by atoms with van der Waals surface area (Å²) < 4.78 is 13.1. The molecular formula is C15H18FN3O3. The number of nitro benzene ring substituents is 1. The molecule has 1 fully saturated rings. The number of nitro groups is 1. The van der Waals surface area contributed by atoms with Gasteiger partial charge in [-0.2, -0.15) is 0 Å². The number of nitrogens with zero attached hydrogens (tertiary/aromatic N) is 3. The van der Waals surface area contributed by atoms with Gasteiger partial charge in [-0.1, -0.05) is 6.92 Å². The zero-order valence-corrected chi connectivity index (χ0v) is 12.4. The van der Waals surface area contributed by atoms with Crippen molar-refractivity contribution in [3.63, 3.8) is 0 Å². The van der Waals surface area contributed by atoms with Gasteiger partial charge in [0.2, 0.25) is 5.91 Å². The van der Waals surface area contributed by atoms with Gasteiger partial charge in [-0.25, -0.2) is 4.39 Å². The van der Waals surface area contributed by atoms with Crippen molar-refractivity contribution >= 4 is 17.7 Å². The molecule has 2 rings (SSSR count). The van der Waals surface area contributed by atoms with Crippen LogP contribution in [0.25, 0.3) is 6.08 Å². The first kappa shape index (κ1) is 16.1. The number of likely N-dealkylation sites (N-methyl/N-ethyl adjacent to an activating group) is 1. The minimum absolute atomic E-state index is 0.186. The van der Waals surface area contributed by atoms with Gasteiger partial charge in [0.05, 0.1) is 16.6 Å². The molecule has 7 heteroatoms. The van der Waals surface area contributed by atoms with Crippen molar-refractivity contribution in [3.8, 4) is 0 Å².